The van der Waals surface area contributed by atoms with Crippen LogP contribution in [-0.4, -0.2) is 22.0 Å². The first-order valence-electron chi connectivity index (χ1n) is 4.04. The second-order valence-corrected chi connectivity index (χ2v) is 2.88. The van der Waals surface area contributed by atoms with Crippen molar-refractivity contribution in [3.05, 3.63) is 35.4 Å². The van der Waals surface area contributed by atoms with Crippen LogP contribution in [0.2, 0.25) is 0 Å². The summed E-state index contributed by atoms with van der Waals surface area (Å²) in [5.41, 5.74) is 0.370. The molecule has 1 rings (SSSR count). The molecule has 0 aliphatic heterocycles. The lowest BCUT2D eigenvalue weighted by Crippen LogP contribution is -2.13. The molecule has 0 spiro atoms. The van der Waals surface area contributed by atoms with Crippen LogP contribution in [0, 0.1) is 0 Å². The van der Waals surface area contributed by atoms with Crippen molar-refractivity contribution >= 4 is 11.8 Å². The van der Waals surface area contributed by atoms with Crippen molar-refractivity contribution in [3.8, 4) is 0 Å². The first kappa shape index (κ1) is 10.4. The van der Waals surface area contributed by atoms with Gasteiger partial charge >= 0.3 is 5.97 Å². The van der Waals surface area contributed by atoms with Crippen molar-refractivity contribution in [2.75, 3.05) is 0 Å². The van der Waals surface area contributed by atoms with Gasteiger partial charge in [-0.25, -0.2) is 4.79 Å². The van der Waals surface area contributed by atoms with E-state index < -0.39 is 12.1 Å². The summed E-state index contributed by atoms with van der Waals surface area (Å²) in [6.07, 6.45) is -1.64. The van der Waals surface area contributed by atoms with Crippen molar-refractivity contribution in [1.82, 2.24) is 0 Å². The van der Waals surface area contributed by atoms with Gasteiger partial charge in [0.25, 0.3) is 0 Å². The summed E-state index contributed by atoms with van der Waals surface area (Å²) in [4.78, 5) is 21.6. The van der Waals surface area contributed by atoms with Crippen molar-refractivity contribution in [2.24, 2.45) is 0 Å². The van der Waals surface area contributed by atoms with E-state index in [4.69, 9.17) is 5.11 Å². The van der Waals surface area contributed by atoms with E-state index in [1.165, 1.54) is 19.1 Å². The lowest BCUT2D eigenvalue weighted by Gasteiger charge is -2.09. The molecule has 0 radical (unpaired) electrons. The Balaban J connectivity index is 3.19. The van der Waals surface area contributed by atoms with E-state index in [0.29, 0.717) is 0 Å². The number of hydrogen-bond donors (Lipinski definition) is 2. The molecule has 0 saturated heterocycles. The third-order valence-corrected chi connectivity index (χ3v) is 1.87. The minimum Gasteiger partial charge on any atom is -0.479 e. The molecule has 4 nitrogen and oxygen atoms in total. The topological polar surface area (TPSA) is 74.6 Å². The van der Waals surface area contributed by atoms with Crippen LogP contribution in [0.1, 0.15) is 28.9 Å². The van der Waals surface area contributed by atoms with Gasteiger partial charge in [0.05, 0.1) is 0 Å². The predicted molar refractivity (Wildman–Crippen MR) is 49.0 cm³/mol. The Labute approximate surface area is 80.8 Å². The highest BCUT2D eigenvalue weighted by atomic mass is 16.4. The molecule has 0 heterocycles. The van der Waals surface area contributed by atoms with Crippen LogP contribution in [0.5, 0.6) is 0 Å². The lowest BCUT2D eigenvalue weighted by atomic mass is 10.00. The highest BCUT2D eigenvalue weighted by Gasteiger charge is 2.20. The molecule has 14 heavy (non-hydrogen) atoms. The predicted octanol–water partition coefficient (Wildman–Crippen LogP) is 1.01. The Bertz CT molecular complexity index is 370. The fraction of sp³-hybridized carbons (Fsp3) is 0.200. The Kier molecular flexibility index (Phi) is 2.99. The monoisotopic (exact) mass is 194 g/mol. The Hall–Kier alpha value is -1.68. The zero-order valence-corrected chi connectivity index (χ0v) is 7.60. The van der Waals surface area contributed by atoms with Crippen molar-refractivity contribution in [2.45, 2.75) is 13.0 Å². The fourth-order valence-electron chi connectivity index (χ4n) is 1.19. The molecule has 1 aromatic rings. The largest absolute Gasteiger partial charge is 0.479 e. The van der Waals surface area contributed by atoms with Crippen molar-refractivity contribution in [3.63, 3.8) is 0 Å². The van der Waals surface area contributed by atoms with Gasteiger partial charge in [0.15, 0.2) is 11.9 Å². The number of aliphatic carboxylic acids is 1. The van der Waals surface area contributed by atoms with E-state index in [2.05, 4.69) is 0 Å². The van der Waals surface area contributed by atoms with Crippen LogP contribution in [0.4, 0.5) is 0 Å². The van der Waals surface area contributed by atoms with Gasteiger partial charge in [-0.15, -0.1) is 0 Å². The van der Waals surface area contributed by atoms with E-state index >= 15 is 0 Å². The SMILES string of the molecule is CC(=O)c1ccccc1C(O)C(=O)O. The van der Waals surface area contributed by atoms with E-state index in [-0.39, 0.29) is 16.9 Å². The molecule has 2 N–H and O–H groups in total. The smallest absolute Gasteiger partial charge is 0.337 e. The number of hydrogen-bond acceptors (Lipinski definition) is 3. The Morgan fingerprint density at radius 2 is 1.86 bits per heavy atom. The molecule has 1 aromatic carbocycles. The minimum atomic E-state index is -1.64. The highest BCUT2D eigenvalue weighted by Crippen LogP contribution is 2.18. The van der Waals surface area contributed by atoms with Gasteiger partial charge in [0.2, 0.25) is 0 Å². The summed E-state index contributed by atoms with van der Waals surface area (Å²) >= 11 is 0. The summed E-state index contributed by atoms with van der Waals surface area (Å²) in [6.45, 7) is 1.33. The number of ketones is 1. The summed E-state index contributed by atoms with van der Waals surface area (Å²) in [6, 6.07) is 6.11. The quantitative estimate of drug-likeness (QED) is 0.704. The number of carboxylic acid groups (broad SMARTS) is 1. The Morgan fingerprint density at radius 3 is 2.36 bits per heavy atom. The first-order valence-corrected chi connectivity index (χ1v) is 4.04. The summed E-state index contributed by atoms with van der Waals surface area (Å²) in [5.74, 6) is -1.63. The number of carboxylic acids is 1. The normalized spacial score (nSPS) is 12.1. The van der Waals surface area contributed by atoms with Gasteiger partial charge in [-0.05, 0) is 6.92 Å². The Morgan fingerprint density at radius 1 is 1.29 bits per heavy atom. The number of benzene rings is 1. The molecule has 1 atom stereocenters. The van der Waals surface area contributed by atoms with Gasteiger partial charge in [-0.1, -0.05) is 24.3 Å². The molecule has 0 aliphatic carbocycles. The van der Waals surface area contributed by atoms with E-state index in [1.807, 2.05) is 0 Å². The maximum Gasteiger partial charge on any atom is 0.337 e. The second kappa shape index (κ2) is 4.02. The van der Waals surface area contributed by atoms with Crippen LogP contribution < -0.4 is 0 Å². The summed E-state index contributed by atoms with van der Waals surface area (Å²) in [7, 11) is 0. The van der Waals surface area contributed by atoms with Crippen LogP contribution >= 0.6 is 0 Å². The number of aliphatic hydroxyl groups excluding tert-OH is 1. The molecular formula is C10H10O4. The summed E-state index contributed by atoms with van der Waals surface area (Å²) in [5, 5.41) is 17.9. The lowest BCUT2D eigenvalue weighted by molar-refractivity contribution is -0.146. The standard InChI is InChI=1S/C10H10O4/c1-6(11)7-4-2-3-5-8(7)9(12)10(13)14/h2-5,9,12H,1H3,(H,13,14). The molecule has 0 aromatic heterocycles. The van der Waals surface area contributed by atoms with Gasteiger partial charge < -0.3 is 10.2 Å². The molecule has 0 saturated carbocycles. The van der Waals surface area contributed by atoms with Crippen molar-refractivity contribution in [1.29, 1.82) is 0 Å². The maximum absolute atomic E-state index is 11.1. The molecule has 0 fully saturated rings. The van der Waals surface area contributed by atoms with Crippen LogP contribution in [0.3, 0.4) is 0 Å². The number of carbonyl (C=O) groups excluding carboxylic acids is 1. The fourth-order valence-corrected chi connectivity index (χ4v) is 1.19. The average Bonchev–Trinajstić information content (AvgIpc) is 2.16. The number of aliphatic hydroxyl groups is 1. The zero-order valence-electron chi connectivity index (χ0n) is 7.60. The molecule has 4 heteroatoms. The van der Waals surface area contributed by atoms with Gasteiger partial charge in [0.1, 0.15) is 0 Å². The molecule has 0 bridgehead atoms. The van der Waals surface area contributed by atoms with Crippen LogP contribution in [0.15, 0.2) is 24.3 Å². The molecule has 0 amide bonds. The first-order chi connectivity index (χ1) is 6.54. The molecule has 0 aliphatic rings. The third-order valence-electron chi connectivity index (χ3n) is 1.87. The van der Waals surface area contributed by atoms with E-state index in [0.717, 1.165) is 0 Å². The summed E-state index contributed by atoms with van der Waals surface area (Å²) < 4.78 is 0. The average molecular weight is 194 g/mol. The minimum absolute atomic E-state index is 0.132. The number of carbonyl (C=O) groups is 2. The zero-order chi connectivity index (χ0) is 10.7. The van der Waals surface area contributed by atoms with Crippen molar-refractivity contribution < 1.29 is 19.8 Å². The number of rotatable bonds is 3. The molecule has 1 unspecified atom stereocenters. The van der Waals surface area contributed by atoms with E-state index in [9.17, 15) is 14.7 Å². The van der Waals surface area contributed by atoms with E-state index in [1.54, 1.807) is 12.1 Å². The van der Waals surface area contributed by atoms with Crippen LogP contribution in [-0.2, 0) is 4.79 Å². The highest BCUT2D eigenvalue weighted by molar-refractivity contribution is 5.96. The van der Waals surface area contributed by atoms with Crippen LogP contribution in [0.25, 0.3) is 0 Å². The number of Topliss-reactive ketones (excluding diaryl/α,β-unsaturated/α-hetero) is 1. The maximum atomic E-state index is 11.1. The molecular weight excluding hydrogens is 184 g/mol. The molecule has 74 valence electrons. The van der Waals surface area contributed by atoms with Gasteiger partial charge in [0, 0.05) is 11.1 Å². The second-order valence-electron chi connectivity index (χ2n) is 2.88. The van der Waals surface area contributed by atoms with Gasteiger partial charge in [-0.3, -0.25) is 4.79 Å². The third kappa shape index (κ3) is 1.97. The van der Waals surface area contributed by atoms with Gasteiger partial charge in [-0.2, -0.15) is 0 Å².